The van der Waals surface area contributed by atoms with Crippen molar-refractivity contribution in [3.05, 3.63) is 46.8 Å². The van der Waals surface area contributed by atoms with E-state index in [1.165, 1.54) is 18.6 Å². The summed E-state index contributed by atoms with van der Waals surface area (Å²) >= 11 is 0. The smallest absolute Gasteiger partial charge is 0.371 e. The zero-order chi connectivity index (χ0) is 18.4. The Labute approximate surface area is 146 Å². The highest BCUT2D eigenvalue weighted by atomic mass is 19.4. The lowest BCUT2D eigenvalue weighted by atomic mass is 9.85. The van der Waals surface area contributed by atoms with Gasteiger partial charge in [0, 0.05) is 37.4 Å². The van der Waals surface area contributed by atoms with Crippen LogP contribution < -0.4 is 0 Å². The maximum absolute atomic E-state index is 13.0. The van der Waals surface area contributed by atoms with E-state index in [-0.39, 0.29) is 17.4 Å². The van der Waals surface area contributed by atoms with Crippen molar-refractivity contribution in [2.45, 2.75) is 50.9 Å². The Hall–Kier alpha value is -1.98. The molecule has 3 nitrogen and oxygen atoms in total. The maximum atomic E-state index is 13.0. The van der Waals surface area contributed by atoms with E-state index in [1.807, 2.05) is 25.9 Å². The predicted molar refractivity (Wildman–Crippen MR) is 90.0 cm³/mol. The SMILES string of the molecule is CC1=C(C(=O)c2ccc(C(F)(F)F)cc2)N(C)[C@@H]2CCCCC2N1C. The first-order valence-electron chi connectivity index (χ1n) is 8.60. The van der Waals surface area contributed by atoms with E-state index in [4.69, 9.17) is 0 Å². The van der Waals surface area contributed by atoms with Crippen LogP contribution in [0.4, 0.5) is 13.2 Å². The third-order valence-electron chi connectivity index (χ3n) is 5.60. The van der Waals surface area contributed by atoms with Crippen molar-refractivity contribution in [2.75, 3.05) is 14.1 Å². The molecule has 1 aromatic rings. The van der Waals surface area contributed by atoms with Crippen LogP contribution >= 0.6 is 0 Å². The van der Waals surface area contributed by atoms with Gasteiger partial charge >= 0.3 is 6.18 Å². The minimum Gasteiger partial charge on any atom is -0.371 e. The molecule has 1 aliphatic carbocycles. The zero-order valence-corrected chi connectivity index (χ0v) is 14.7. The first kappa shape index (κ1) is 17.8. The van der Waals surface area contributed by atoms with Crippen molar-refractivity contribution >= 4 is 5.78 Å². The number of benzene rings is 1. The van der Waals surface area contributed by atoms with Crippen molar-refractivity contribution in [2.24, 2.45) is 0 Å². The molecule has 1 aromatic carbocycles. The van der Waals surface area contributed by atoms with Crippen LogP contribution in [0.15, 0.2) is 35.7 Å². The molecular weight excluding hydrogens is 329 g/mol. The summed E-state index contributed by atoms with van der Waals surface area (Å²) in [6.45, 7) is 1.92. The summed E-state index contributed by atoms with van der Waals surface area (Å²) in [5, 5.41) is 0. The van der Waals surface area contributed by atoms with Crippen LogP contribution in [-0.4, -0.2) is 41.8 Å². The number of rotatable bonds is 2. The largest absolute Gasteiger partial charge is 0.416 e. The summed E-state index contributed by atoms with van der Waals surface area (Å²) in [6.07, 6.45) is 0.0655. The van der Waals surface area contributed by atoms with Crippen molar-refractivity contribution in [1.82, 2.24) is 9.80 Å². The van der Waals surface area contributed by atoms with Crippen LogP contribution in [0.2, 0.25) is 0 Å². The fraction of sp³-hybridized carbons (Fsp3) is 0.526. The average Bonchev–Trinajstić information content (AvgIpc) is 2.59. The van der Waals surface area contributed by atoms with E-state index in [0.717, 1.165) is 37.1 Å². The standard InChI is InChI=1S/C19H23F3N2O/c1-12-17(24(3)16-7-5-4-6-15(16)23(12)2)18(25)13-8-10-14(11-9-13)19(20,21)22/h8-11,15-16H,4-7H2,1-3H3/t15?,16-/m1/s1. The van der Waals surface area contributed by atoms with Gasteiger partial charge in [-0.3, -0.25) is 4.79 Å². The Morgan fingerprint density at radius 3 is 2.04 bits per heavy atom. The molecule has 0 radical (unpaired) electrons. The number of hydrogen-bond acceptors (Lipinski definition) is 3. The lowest BCUT2D eigenvalue weighted by Gasteiger charge is -2.50. The first-order chi connectivity index (χ1) is 11.7. The highest BCUT2D eigenvalue weighted by Crippen LogP contribution is 2.36. The number of carbonyl (C=O) groups is 1. The zero-order valence-electron chi connectivity index (χ0n) is 14.7. The number of fused-ring (bicyclic) bond motifs is 1. The topological polar surface area (TPSA) is 23.6 Å². The van der Waals surface area contributed by atoms with Crippen molar-refractivity contribution in [1.29, 1.82) is 0 Å². The Balaban J connectivity index is 1.93. The molecule has 0 N–H and O–H groups in total. The third-order valence-corrected chi connectivity index (χ3v) is 5.60. The molecule has 3 rings (SSSR count). The van der Waals surface area contributed by atoms with E-state index in [2.05, 4.69) is 4.90 Å². The average molecular weight is 352 g/mol. The molecule has 1 aliphatic heterocycles. The molecule has 25 heavy (non-hydrogen) atoms. The molecular formula is C19H23F3N2O. The van der Waals surface area contributed by atoms with Gasteiger partial charge in [-0.05, 0) is 31.9 Å². The molecule has 0 amide bonds. The molecule has 0 spiro atoms. The second kappa shape index (κ2) is 6.39. The van der Waals surface area contributed by atoms with E-state index >= 15 is 0 Å². The molecule has 2 aliphatic rings. The highest BCUT2D eigenvalue weighted by Gasteiger charge is 2.39. The number of allylic oxidation sites excluding steroid dienone is 2. The van der Waals surface area contributed by atoms with Crippen molar-refractivity contribution in [3.63, 3.8) is 0 Å². The van der Waals surface area contributed by atoms with Crippen LogP contribution in [0.3, 0.4) is 0 Å². The number of halogens is 3. The summed E-state index contributed by atoms with van der Waals surface area (Å²) in [6, 6.07) is 5.15. The van der Waals surface area contributed by atoms with E-state index in [9.17, 15) is 18.0 Å². The molecule has 1 saturated carbocycles. The first-order valence-corrected chi connectivity index (χ1v) is 8.60. The number of ketones is 1. The fourth-order valence-corrected chi connectivity index (χ4v) is 4.10. The van der Waals surface area contributed by atoms with Gasteiger partial charge in [0.05, 0.1) is 5.56 Å². The lowest BCUT2D eigenvalue weighted by molar-refractivity contribution is -0.137. The van der Waals surface area contributed by atoms with E-state index in [0.29, 0.717) is 11.7 Å². The molecule has 0 bridgehead atoms. The minimum absolute atomic E-state index is 0.218. The quantitative estimate of drug-likeness (QED) is 0.741. The van der Waals surface area contributed by atoms with Crippen LogP contribution in [0, 0.1) is 0 Å². The van der Waals surface area contributed by atoms with Gasteiger partial charge in [-0.2, -0.15) is 13.2 Å². The Kier molecular flexibility index (Phi) is 4.56. The van der Waals surface area contributed by atoms with Gasteiger partial charge in [0.1, 0.15) is 5.70 Å². The number of alkyl halides is 3. The van der Waals surface area contributed by atoms with E-state index in [1.54, 1.807) is 0 Å². The normalized spacial score (nSPS) is 24.4. The Morgan fingerprint density at radius 2 is 1.52 bits per heavy atom. The second-order valence-electron chi connectivity index (χ2n) is 6.98. The van der Waals surface area contributed by atoms with Gasteiger partial charge in [-0.15, -0.1) is 0 Å². The van der Waals surface area contributed by atoms with Gasteiger partial charge in [-0.1, -0.05) is 25.0 Å². The summed E-state index contributed by atoms with van der Waals surface area (Å²) < 4.78 is 38.2. The van der Waals surface area contributed by atoms with Crippen LogP contribution in [0.5, 0.6) is 0 Å². The molecule has 0 saturated heterocycles. The number of nitrogens with zero attached hydrogens (tertiary/aromatic N) is 2. The summed E-state index contributed by atoms with van der Waals surface area (Å²) in [7, 11) is 3.93. The molecule has 1 fully saturated rings. The number of hydrogen-bond donors (Lipinski definition) is 0. The maximum Gasteiger partial charge on any atom is 0.416 e. The summed E-state index contributed by atoms with van der Waals surface area (Å²) in [5.41, 5.74) is 1.02. The van der Waals surface area contributed by atoms with Crippen LogP contribution in [0.25, 0.3) is 0 Å². The van der Waals surface area contributed by atoms with Gasteiger partial charge in [0.15, 0.2) is 0 Å². The summed E-state index contributed by atoms with van der Waals surface area (Å²) in [4.78, 5) is 17.2. The van der Waals surface area contributed by atoms with Gasteiger partial charge in [-0.25, -0.2) is 0 Å². The Morgan fingerprint density at radius 1 is 1.00 bits per heavy atom. The second-order valence-corrected chi connectivity index (χ2v) is 6.98. The fourth-order valence-electron chi connectivity index (χ4n) is 4.10. The van der Waals surface area contributed by atoms with Crippen molar-refractivity contribution in [3.8, 4) is 0 Å². The van der Waals surface area contributed by atoms with Crippen molar-refractivity contribution < 1.29 is 18.0 Å². The lowest BCUT2D eigenvalue weighted by Crippen LogP contribution is -2.55. The van der Waals surface area contributed by atoms with Gasteiger partial charge < -0.3 is 9.80 Å². The van der Waals surface area contributed by atoms with Crippen LogP contribution in [0.1, 0.15) is 48.5 Å². The van der Waals surface area contributed by atoms with Gasteiger partial charge in [0.2, 0.25) is 5.78 Å². The molecule has 6 heteroatoms. The number of carbonyl (C=O) groups excluding carboxylic acids is 1. The highest BCUT2D eigenvalue weighted by molar-refractivity contribution is 6.08. The molecule has 136 valence electrons. The Bertz CT molecular complexity index is 694. The van der Waals surface area contributed by atoms with Crippen LogP contribution in [-0.2, 0) is 6.18 Å². The monoisotopic (exact) mass is 352 g/mol. The van der Waals surface area contributed by atoms with Gasteiger partial charge in [0.25, 0.3) is 0 Å². The molecule has 1 heterocycles. The molecule has 1 unspecified atom stereocenters. The minimum atomic E-state index is -4.39. The van der Waals surface area contributed by atoms with E-state index < -0.39 is 11.7 Å². The third kappa shape index (κ3) is 3.14. The number of Topliss-reactive ketones (excluding diaryl/α,β-unsaturated/α-hetero) is 1. The molecule has 2 atom stereocenters. The molecule has 0 aromatic heterocycles. The predicted octanol–water partition coefficient (Wildman–Crippen LogP) is 4.31. The summed E-state index contributed by atoms with van der Waals surface area (Å²) in [5.74, 6) is -0.218. The number of likely N-dealkylation sites (N-methyl/N-ethyl adjacent to an activating group) is 2.